The van der Waals surface area contributed by atoms with Gasteiger partial charge in [-0.05, 0) is 17.7 Å². The van der Waals surface area contributed by atoms with Crippen LogP contribution in [0.15, 0.2) is 76.1 Å². The molecule has 2 aromatic heterocycles. The molecule has 0 atom stereocenters. The third-order valence-corrected chi connectivity index (χ3v) is 3.64. The maximum atomic E-state index is 12.2. The minimum absolute atomic E-state index is 0.407. The third kappa shape index (κ3) is 2.64. The molecule has 0 aliphatic rings. The first-order valence-corrected chi connectivity index (χ1v) is 7.27. The number of fused-ring (bicyclic) bond motifs is 1. The number of hydrogen-bond acceptors (Lipinski definition) is 4. The van der Waals surface area contributed by atoms with Crippen molar-refractivity contribution in [2.45, 2.75) is 6.54 Å². The van der Waals surface area contributed by atoms with Crippen molar-refractivity contribution in [3.63, 3.8) is 0 Å². The van der Waals surface area contributed by atoms with Crippen molar-refractivity contribution in [1.29, 1.82) is 0 Å². The Morgan fingerprint density at radius 2 is 1.78 bits per heavy atom. The molecule has 4 rings (SSSR count). The first-order valence-electron chi connectivity index (χ1n) is 7.27. The second-order valence-corrected chi connectivity index (χ2v) is 5.27. The van der Waals surface area contributed by atoms with E-state index in [2.05, 4.69) is 10.3 Å². The van der Waals surface area contributed by atoms with Crippen LogP contribution in [-0.2, 0) is 6.54 Å². The molecule has 0 unspecified atom stereocenters. The Balaban J connectivity index is 1.71. The van der Waals surface area contributed by atoms with Gasteiger partial charge in [0.25, 0.3) is 0 Å². The molecule has 0 aliphatic carbocycles. The second kappa shape index (κ2) is 5.53. The number of hydrogen-bond donors (Lipinski definition) is 0. The predicted octanol–water partition coefficient (Wildman–Crippen LogP) is 3.10. The SMILES string of the molecule is O=c1oc2ccccc2cc1-c1cn(Cc2ccccc2)nn1. The van der Waals surface area contributed by atoms with Crippen LogP contribution in [0.2, 0.25) is 0 Å². The minimum atomic E-state index is -0.407. The van der Waals surface area contributed by atoms with Gasteiger partial charge in [-0.25, -0.2) is 9.48 Å². The zero-order valence-electron chi connectivity index (χ0n) is 12.2. The fourth-order valence-corrected chi connectivity index (χ4v) is 2.51. The summed E-state index contributed by atoms with van der Waals surface area (Å²) in [5.41, 5.74) is 2.21. The van der Waals surface area contributed by atoms with E-state index in [1.54, 1.807) is 23.0 Å². The molecule has 0 spiro atoms. The highest BCUT2D eigenvalue weighted by atomic mass is 16.4. The summed E-state index contributed by atoms with van der Waals surface area (Å²) >= 11 is 0. The van der Waals surface area contributed by atoms with Gasteiger partial charge >= 0.3 is 5.63 Å². The lowest BCUT2D eigenvalue weighted by Crippen LogP contribution is -2.02. The Kier molecular flexibility index (Phi) is 3.24. The maximum Gasteiger partial charge on any atom is 0.345 e. The molecule has 5 nitrogen and oxygen atoms in total. The van der Waals surface area contributed by atoms with Crippen molar-refractivity contribution in [1.82, 2.24) is 15.0 Å². The molecule has 0 radical (unpaired) electrons. The summed E-state index contributed by atoms with van der Waals surface area (Å²) < 4.78 is 7.05. The molecule has 0 amide bonds. The average Bonchev–Trinajstić information content (AvgIpc) is 3.03. The molecular formula is C18H13N3O2. The van der Waals surface area contributed by atoms with Gasteiger partial charge in [-0.15, -0.1) is 5.10 Å². The van der Waals surface area contributed by atoms with Crippen LogP contribution in [0.3, 0.4) is 0 Å². The van der Waals surface area contributed by atoms with E-state index in [1.807, 2.05) is 48.5 Å². The molecule has 5 heteroatoms. The Labute approximate surface area is 131 Å². The Bertz CT molecular complexity index is 1020. The maximum absolute atomic E-state index is 12.2. The molecule has 0 fully saturated rings. The van der Waals surface area contributed by atoms with Gasteiger partial charge in [-0.1, -0.05) is 53.7 Å². The number of benzene rings is 2. The van der Waals surface area contributed by atoms with E-state index < -0.39 is 5.63 Å². The van der Waals surface area contributed by atoms with Crippen LogP contribution in [0.4, 0.5) is 0 Å². The first-order chi connectivity index (χ1) is 11.3. The standard InChI is InChI=1S/C18H13N3O2/c22-18-15(10-14-8-4-5-9-17(14)23-18)16-12-21(20-19-16)11-13-6-2-1-3-7-13/h1-10,12H,11H2. The number of nitrogens with zero attached hydrogens (tertiary/aromatic N) is 3. The highest BCUT2D eigenvalue weighted by Gasteiger charge is 2.11. The normalized spacial score (nSPS) is 11.0. The Hall–Kier alpha value is -3.21. The molecule has 2 aromatic carbocycles. The van der Waals surface area contributed by atoms with Crippen molar-refractivity contribution in [3.8, 4) is 11.3 Å². The van der Waals surface area contributed by atoms with Gasteiger partial charge in [0.1, 0.15) is 11.3 Å². The number of rotatable bonds is 3. The topological polar surface area (TPSA) is 60.9 Å². The Morgan fingerprint density at radius 1 is 1.00 bits per heavy atom. The van der Waals surface area contributed by atoms with Crippen LogP contribution in [0.5, 0.6) is 0 Å². The van der Waals surface area contributed by atoms with Gasteiger partial charge in [-0.3, -0.25) is 0 Å². The lowest BCUT2D eigenvalue weighted by Gasteiger charge is -2.00. The van der Waals surface area contributed by atoms with Crippen molar-refractivity contribution in [3.05, 3.63) is 82.8 Å². The van der Waals surface area contributed by atoms with Crippen molar-refractivity contribution >= 4 is 11.0 Å². The van der Waals surface area contributed by atoms with Crippen LogP contribution in [0.25, 0.3) is 22.2 Å². The van der Waals surface area contributed by atoms with Crippen LogP contribution < -0.4 is 5.63 Å². The fraction of sp³-hybridized carbons (Fsp3) is 0.0556. The largest absolute Gasteiger partial charge is 0.422 e. The van der Waals surface area contributed by atoms with Gasteiger partial charge in [0.15, 0.2) is 0 Å². The molecule has 2 heterocycles. The summed E-state index contributed by atoms with van der Waals surface area (Å²) in [7, 11) is 0. The van der Waals surface area contributed by atoms with E-state index in [-0.39, 0.29) is 0 Å². The van der Waals surface area contributed by atoms with E-state index in [0.29, 0.717) is 23.4 Å². The zero-order chi connectivity index (χ0) is 15.6. The van der Waals surface area contributed by atoms with E-state index >= 15 is 0 Å². The van der Waals surface area contributed by atoms with Gasteiger partial charge < -0.3 is 4.42 Å². The molecule has 23 heavy (non-hydrogen) atoms. The minimum Gasteiger partial charge on any atom is -0.422 e. The quantitative estimate of drug-likeness (QED) is 0.546. The fourth-order valence-electron chi connectivity index (χ4n) is 2.51. The number of para-hydroxylation sites is 1. The Morgan fingerprint density at radius 3 is 2.65 bits per heavy atom. The van der Waals surface area contributed by atoms with Gasteiger partial charge in [0, 0.05) is 5.39 Å². The van der Waals surface area contributed by atoms with Crippen LogP contribution in [0, 0.1) is 0 Å². The van der Waals surface area contributed by atoms with E-state index in [0.717, 1.165) is 10.9 Å². The van der Waals surface area contributed by atoms with Crippen molar-refractivity contribution in [2.75, 3.05) is 0 Å². The smallest absolute Gasteiger partial charge is 0.345 e. The molecule has 0 N–H and O–H groups in total. The molecule has 0 saturated carbocycles. The summed E-state index contributed by atoms with van der Waals surface area (Å²) in [5, 5.41) is 9.06. The van der Waals surface area contributed by atoms with Crippen molar-refractivity contribution in [2.24, 2.45) is 0 Å². The summed E-state index contributed by atoms with van der Waals surface area (Å²) in [4.78, 5) is 12.2. The molecule has 0 saturated heterocycles. The van der Waals surface area contributed by atoms with Gasteiger partial charge in [0.2, 0.25) is 0 Å². The van der Waals surface area contributed by atoms with Gasteiger partial charge in [0.05, 0.1) is 18.3 Å². The molecular weight excluding hydrogens is 290 g/mol. The summed E-state index contributed by atoms with van der Waals surface area (Å²) in [6.07, 6.45) is 1.76. The first kappa shape index (κ1) is 13.5. The highest BCUT2D eigenvalue weighted by molar-refractivity contribution is 5.80. The highest BCUT2D eigenvalue weighted by Crippen LogP contribution is 2.19. The van der Waals surface area contributed by atoms with Crippen LogP contribution >= 0.6 is 0 Å². The van der Waals surface area contributed by atoms with Crippen LogP contribution in [0.1, 0.15) is 5.56 Å². The summed E-state index contributed by atoms with van der Waals surface area (Å²) in [6, 6.07) is 19.2. The van der Waals surface area contributed by atoms with E-state index in [1.165, 1.54) is 0 Å². The second-order valence-electron chi connectivity index (χ2n) is 5.27. The van der Waals surface area contributed by atoms with Gasteiger partial charge in [-0.2, -0.15) is 0 Å². The molecule has 112 valence electrons. The lowest BCUT2D eigenvalue weighted by molar-refractivity contribution is 0.563. The van der Waals surface area contributed by atoms with E-state index in [9.17, 15) is 4.79 Å². The monoisotopic (exact) mass is 303 g/mol. The predicted molar refractivity (Wildman–Crippen MR) is 87.0 cm³/mol. The lowest BCUT2D eigenvalue weighted by atomic mass is 10.1. The molecule has 4 aromatic rings. The van der Waals surface area contributed by atoms with Crippen molar-refractivity contribution < 1.29 is 4.42 Å². The summed E-state index contributed by atoms with van der Waals surface area (Å²) in [6.45, 7) is 0.604. The zero-order valence-corrected chi connectivity index (χ0v) is 12.2. The molecule has 0 bridgehead atoms. The third-order valence-electron chi connectivity index (χ3n) is 3.64. The van der Waals surface area contributed by atoms with Crippen LogP contribution in [-0.4, -0.2) is 15.0 Å². The average molecular weight is 303 g/mol. The van der Waals surface area contributed by atoms with E-state index in [4.69, 9.17) is 4.42 Å². The molecule has 0 aliphatic heterocycles. The summed E-state index contributed by atoms with van der Waals surface area (Å²) in [5.74, 6) is 0. The number of aromatic nitrogens is 3.